The van der Waals surface area contributed by atoms with Gasteiger partial charge in [0.2, 0.25) is 0 Å². The first-order chi connectivity index (χ1) is 15.4. The number of benzene rings is 2. The van der Waals surface area contributed by atoms with Crippen molar-refractivity contribution in [2.75, 3.05) is 30.9 Å². The van der Waals surface area contributed by atoms with Crippen molar-refractivity contribution >= 4 is 34.9 Å². The molecule has 0 spiro atoms. The van der Waals surface area contributed by atoms with Crippen LogP contribution in [0.2, 0.25) is 5.02 Å². The number of amides is 3. The van der Waals surface area contributed by atoms with Crippen molar-refractivity contribution in [3.63, 3.8) is 0 Å². The smallest absolute Gasteiger partial charge is 0.319 e. The molecule has 0 saturated carbocycles. The van der Waals surface area contributed by atoms with Crippen LogP contribution in [0.3, 0.4) is 0 Å². The minimum Gasteiger partial charge on any atom is -0.467 e. The molecule has 0 saturated heterocycles. The van der Waals surface area contributed by atoms with Crippen LogP contribution in [0, 0.1) is 0 Å². The standard InChI is InChI=1S/C24H27ClN4O3/c1-4-26-24(31)27-18-11-12-22(28(2)3)17(14-18)15-29(16-19-8-7-13-32-19)23(30)20-9-5-6-10-21(20)25/h5-14H,4,15-16H2,1-3H3,(H2,26,27,31). The molecule has 0 unspecified atom stereocenters. The highest BCUT2D eigenvalue weighted by molar-refractivity contribution is 6.33. The molecule has 168 valence electrons. The van der Waals surface area contributed by atoms with Crippen molar-refractivity contribution < 1.29 is 14.0 Å². The summed E-state index contributed by atoms with van der Waals surface area (Å²) < 4.78 is 5.50. The molecule has 2 aromatic carbocycles. The third kappa shape index (κ3) is 5.82. The molecular weight excluding hydrogens is 428 g/mol. The lowest BCUT2D eigenvalue weighted by molar-refractivity contribution is 0.0718. The number of rotatable bonds is 8. The van der Waals surface area contributed by atoms with Crippen molar-refractivity contribution in [1.29, 1.82) is 0 Å². The number of urea groups is 1. The molecule has 7 nitrogen and oxygen atoms in total. The summed E-state index contributed by atoms with van der Waals surface area (Å²) in [5, 5.41) is 5.93. The molecule has 0 atom stereocenters. The third-order valence-electron chi connectivity index (χ3n) is 4.84. The van der Waals surface area contributed by atoms with Crippen molar-refractivity contribution in [2.45, 2.75) is 20.0 Å². The van der Waals surface area contributed by atoms with E-state index in [1.54, 1.807) is 41.5 Å². The zero-order chi connectivity index (χ0) is 23.1. The predicted molar refractivity (Wildman–Crippen MR) is 127 cm³/mol. The lowest BCUT2D eigenvalue weighted by Crippen LogP contribution is -2.31. The zero-order valence-electron chi connectivity index (χ0n) is 18.4. The Kier molecular flexibility index (Phi) is 7.78. The lowest BCUT2D eigenvalue weighted by atomic mass is 10.1. The number of nitrogens with one attached hydrogen (secondary N) is 2. The Hall–Kier alpha value is -3.45. The fourth-order valence-electron chi connectivity index (χ4n) is 3.36. The molecular formula is C24H27ClN4O3. The Morgan fingerprint density at radius 2 is 1.81 bits per heavy atom. The molecule has 32 heavy (non-hydrogen) atoms. The average Bonchev–Trinajstić information content (AvgIpc) is 3.26. The van der Waals surface area contributed by atoms with Crippen LogP contribution in [-0.4, -0.2) is 37.5 Å². The third-order valence-corrected chi connectivity index (χ3v) is 5.17. The number of hydrogen-bond donors (Lipinski definition) is 2. The number of carbonyl (C=O) groups is 2. The maximum absolute atomic E-state index is 13.4. The Morgan fingerprint density at radius 1 is 1.03 bits per heavy atom. The highest BCUT2D eigenvalue weighted by atomic mass is 35.5. The van der Waals surface area contributed by atoms with Crippen LogP contribution in [0.15, 0.2) is 65.3 Å². The highest BCUT2D eigenvalue weighted by Crippen LogP contribution is 2.27. The first-order valence-corrected chi connectivity index (χ1v) is 10.7. The first-order valence-electron chi connectivity index (χ1n) is 10.3. The molecule has 0 aliphatic rings. The van der Waals surface area contributed by atoms with Gasteiger partial charge in [0.1, 0.15) is 5.76 Å². The van der Waals surface area contributed by atoms with Crippen molar-refractivity contribution in [3.8, 4) is 0 Å². The molecule has 1 heterocycles. The number of halogens is 1. The summed E-state index contributed by atoms with van der Waals surface area (Å²) in [7, 11) is 3.87. The van der Waals surface area contributed by atoms with E-state index in [1.165, 1.54) is 0 Å². The molecule has 3 aromatic rings. The lowest BCUT2D eigenvalue weighted by Gasteiger charge is -2.26. The number of nitrogens with zero attached hydrogens (tertiary/aromatic N) is 2. The van der Waals surface area contributed by atoms with Crippen molar-refractivity contribution in [2.24, 2.45) is 0 Å². The van der Waals surface area contributed by atoms with Gasteiger partial charge in [-0.3, -0.25) is 4.79 Å². The maximum atomic E-state index is 13.4. The summed E-state index contributed by atoms with van der Waals surface area (Å²) in [6.07, 6.45) is 1.58. The van der Waals surface area contributed by atoms with Gasteiger partial charge in [0.15, 0.2) is 0 Å². The van der Waals surface area contributed by atoms with Crippen molar-refractivity contribution in [3.05, 3.63) is 82.8 Å². The van der Waals surface area contributed by atoms with Crippen LogP contribution < -0.4 is 15.5 Å². The molecule has 0 aliphatic heterocycles. The van der Waals surface area contributed by atoms with E-state index in [0.29, 0.717) is 35.1 Å². The summed E-state index contributed by atoms with van der Waals surface area (Å²) >= 11 is 6.31. The maximum Gasteiger partial charge on any atom is 0.319 e. The molecule has 8 heteroatoms. The van der Waals surface area contributed by atoms with Gasteiger partial charge in [0.25, 0.3) is 5.91 Å². The molecule has 0 aliphatic carbocycles. The minimum absolute atomic E-state index is 0.209. The second-order valence-corrected chi connectivity index (χ2v) is 7.85. The summed E-state index contributed by atoms with van der Waals surface area (Å²) in [4.78, 5) is 29.1. The van der Waals surface area contributed by atoms with Gasteiger partial charge in [0, 0.05) is 38.6 Å². The van der Waals surface area contributed by atoms with Crippen molar-refractivity contribution in [1.82, 2.24) is 10.2 Å². The Labute approximate surface area is 193 Å². The highest BCUT2D eigenvalue weighted by Gasteiger charge is 2.22. The summed E-state index contributed by atoms with van der Waals surface area (Å²) in [5.74, 6) is 0.451. The number of carbonyl (C=O) groups excluding carboxylic acids is 2. The molecule has 1 aromatic heterocycles. The van der Waals surface area contributed by atoms with E-state index >= 15 is 0 Å². The minimum atomic E-state index is -0.282. The second kappa shape index (κ2) is 10.7. The second-order valence-electron chi connectivity index (χ2n) is 7.44. The predicted octanol–water partition coefficient (Wildman–Crippen LogP) is 4.98. The first kappa shape index (κ1) is 23.2. The zero-order valence-corrected chi connectivity index (χ0v) is 19.1. The number of anilines is 2. The van der Waals surface area contributed by atoms with E-state index in [1.807, 2.05) is 50.2 Å². The molecule has 0 fully saturated rings. The monoisotopic (exact) mass is 454 g/mol. The summed E-state index contributed by atoms with van der Waals surface area (Å²) in [5.41, 5.74) is 2.86. The average molecular weight is 455 g/mol. The molecule has 0 radical (unpaired) electrons. The quantitative estimate of drug-likeness (QED) is 0.503. The van der Waals surface area contributed by atoms with Crippen LogP contribution in [-0.2, 0) is 13.1 Å². The fourth-order valence-corrected chi connectivity index (χ4v) is 3.58. The molecule has 3 amide bonds. The largest absolute Gasteiger partial charge is 0.467 e. The number of furan rings is 1. The van der Waals surface area contributed by atoms with Gasteiger partial charge in [-0.05, 0) is 55.0 Å². The Balaban J connectivity index is 1.95. The number of hydrogen-bond acceptors (Lipinski definition) is 4. The van der Waals surface area contributed by atoms with Crippen LogP contribution in [0.4, 0.5) is 16.2 Å². The normalized spacial score (nSPS) is 10.5. The van der Waals surface area contributed by atoms with E-state index in [-0.39, 0.29) is 18.5 Å². The SMILES string of the molecule is CCNC(=O)Nc1ccc(N(C)C)c(CN(Cc2ccco2)C(=O)c2ccccc2Cl)c1. The van der Waals surface area contributed by atoms with E-state index < -0.39 is 0 Å². The van der Waals surface area contributed by atoms with Crippen LogP contribution in [0.1, 0.15) is 28.6 Å². The van der Waals surface area contributed by atoms with Gasteiger partial charge >= 0.3 is 6.03 Å². The molecule has 2 N–H and O–H groups in total. The van der Waals surface area contributed by atoms with Crippen LogP contribution in [0.25, 0.3) is 0 Å². The van der Waals surface area contributed by atoms with Gasteiger partial charge in [-0.1, -0.05) is 23.7 Å². The topological polar surface area (TPSA) is 77.8 Å². The fraction of sp³-hybridized carbons (Fsp3) is 0.250. The van der Waals surface area contributed by atoms with E-state index in [0.717, 1.165) is 11.3 Å². The Bertz CT molecular complexity index is 1070. The van der Waals surface area contributed by atoms with Gasteiger partial charge in [-0.15, -0.1) is 0 Å². The van der Waals surface area contributed by atoms with Gasteiger partial charge in [-0.25, -0.2) is 4.79 Å². The van der Waals surface area contributed by atoms with Crippen LogP contribution in [0.5, 0.6) is 0 Å². The summed E-state index contributed by atoms with van der Waals surface area (Å²) in [6.45, 7) is 2.95. The molecule has 0 bridgehead atoms. The van der Waals surface area contributed by atoms with E-state index in [4.69, 9.17) is 16.0 Å². The van der Waals surface area contributed by atoms with Gasteiger partial charge in [-0.2, -0.15) is 0 Å². The van der Waals surface area contributed by atoms with E-state index in [2.05, 4.69) is 10.6 Å². The Morgan fingerprint density at radius 3 is 2.47 bits per heavy atom. The van der Waals surface area contributed by atoms with Gasteiger partial charge in [0.05, 0.1) is 23.4 Å². The molecule has 3 rings (SSSR count). The van der Waals surface area contributed by atoms with Crippen LogP contribution >= 0.6 is 11.6 Å². The summed E-state index contributed by atoms with van der Waals surface area (Å²) in [6, 6.07) is 15.9. The van der Waals surface area contributed by atoms with Gasteiger partial charge < -0.3 is 24.9 Å². The van der Waals surface area contributed by atoms with E-state index in [9.17, 15) is 9.59 Å².